The lowest BCUT2D eigenvalue weighted by Crippen LogP contribution is -2.48. The minimum atomic E-state index is -0.479. The Labute approximate surface area is 211 Å². The molecule has 0 radical (unpaired) electrons. The van der Waals surface area contributed by atoms with Crippen molar-refractivity contribution in [1.82, 2.24) is 30.0 Å². The van der Waals surface area contributed by atoms with Crippen LogP contribution in [0.5, 0.6) is 0 Å². The molecule has 0 bridgehead atoms. The summed E-state index contributed by atoms with van der Waals surface area (Å²) in [7, 11) is 1.29. The third-order valence-corrected chi connectivity index (χ3v) is 5.81. The van der Waals surface area contributed by atoms with Gasteiger partial charge in [-0.05, 0) is 53.2 Å². The second-order valence-corrected chi connectivity index (χ2v) is 8.40. The van der Waals surface area contributed by atoms with Gasteiger partial charge < -0.3 is 9.64 Å². The van der Waals surface area contributed by atoms with Gasteiger partial charge in [0.05, 0.1) is 30.5 Å². The second-order valence-electron chi connectivity index (χ2n) is 8.40. The van der Waals surface area contributed by atoms with Gasteiger partial charge >= 0.3 is 5.97 Å². The Kier molecular flexibility index (Phi) is 10.2. The maximum absolute atomic E-state index is 12.3. The van der Waals surface area contributed by atoms with Gasteiger partial charge in [-0.25, -0.2) is 9.48 Å². The van der Waals surface area contributed by atoms with Crippen molar-refractivity contribution in [3.05, 3.63) is 71.5 Å². The van der Waals surface area contributed by atoms with Crippen molar-refractivity contribution in [2.75, 3.05) is 46.4 Å². The summed E-state index contributed by atoms with van der Waals surface area (Å²) < 4.78 is 6.09. The van der Waals surface area contributed by atoms with Crippen LogP contribution in [0.15, 0.2) is 54.9 Å². The fourth-order valence-corrected chi connectivity index (χ4v) is 3.93. The number of esters is 1. The van der Waals surface area contributed by atoms with E-state index in [0.29, 0.717) is 24.1 Å². The van der Waals surface area contributed by atoms with Crippen molar-refractivity contribution < 1.29 is 14.3 Å². The number of nitriles is 1. The zero-order valence-corrected chi connectivity index (χ0v) is 20.7. The van der Waals surface area contributed by atoms with Crippen LogP contribution in [0.4, 0.5) is 0 Å². The number of benzene rings is 2. The van der Waals surface area contributed by atoms with E-state index >= 15 is 0 Å². The van der Waals surface area contributed by atoms with Crippen LogP contribution in [-0.4, -0.2) is 88.1 Å². The van der Waals surface area contributed by atoms with Gasteiger partial charge in [0.15, 0.2) is 5.78 Å². The maximum atomic E-state index is 12.3. The van der Waals surface area contributed by atoms with Crippen molar-refractivity contribution in [3.63, 3.8) is 0 Å². The summed E-state index contributed by atoms with van der Waals surface area (Å²) in [6, 6.07) is 16.2. The molecule has 0 saturated carbocycles. The van der Waals surface area contributed by atoms with E-state index in [9.17, 15) is 9.59 Å². The van der Waals surface area contributed by atoms with Gasteiger partial charge in [-0.1, -0.05) is 31.2 Å². The molecule has 1 aliphatic rings. The SMILES string of the molecule is CCCN1CCN(CC(=O)Cc2ccc(-n3cnnn3)cc2)CC1.COC(=O)c1ccccc1C#N. The number of aromatic nitrogens is 4. The van der Waals surface area contributed by atoms with Crippen molar-refractivity contribution in [2.45, 2.75) is 19.8 Å². The van der Waals surface area contributed by atoms with Crippen LogP contribution >= 0.6 is 0 Å². The van der Waals surface area contributed by atoms with Crippen LogP contribution in [-0.2, 0) is 16.0 Å². The molecule has 0 N–H and O–H groups in total. The van der Waals surface area contributed by atoms with E-state index in [1.54, 1.807) is 35.3 Å². The number of carbonyl (C=O) groups excluding carboxylic acids is 2. The quantitative estimate of drug-likeness (QED) is 0.439. The highest BCUT2D eigenvalue weighted by atomic mass is 16.5. The topological polar surface area (TPSA) is 117 Å². The van der Waals surface area contributed by atoms with Gasteiger partial charge in [0.2, 0.25) is 0 Å². The first-order valence-electron chi connectivity index (χ1n) is 11.9. The number of ether oxygens (including phenoxy) is 1. The molecule has 1 fully saturated rings. The van der Waals surface area contributed by atoms with Crippen molar-refractivity contribution in [3.8, 4) is 11.8 Å². The molecule has 1 aromatic heterocycles. The number of tetrazole rings is 1. The molecule has 188 valence electrons. The summed E-state index contributed by atoms with van der Waals surface area (Å²) >= 11 is 0. The summed E-state index contributed by atoms with van der Waals surface area (Å²) in [5.41, 5.74) is 2.57. The molecule has 10 heteroatoms. The highest BCUT2D eigenvalue weighted by molar-refractivity contribution is 5.92. The monoisotopic (exact) mass is 489 g/mol. The number of nitrogens with zero attached hydrogens (tertiary/aromatic N) is 7. The lowest BCUT2D eigenvalue weighted by molar-refractivity contribution is -0.120. The van der Waals surface area contributed by atoms with E-state index in [0.717, 1.165) is 44.0 Å². The highest BCUT2D eigenvalue weighted by Gasteiger charge is 2.18. The van der Waals surface area contributed by atoms with Gasteiger partial charge in [-0.3, -0.25) is 9.69 Å². The minimum absolute atomic E-state index is 0.272. The van der Waals surface area contributed by atoms with Crippen LogP contribution in [0.3, 0.4) is 0 Å². The highest BCUT2D eigenvalue weighted by Crippen LogP contribution is 2.10. The summed E-state index contributed by atoms with van der Waals surface area (Å²) in [6.07, 6.45) is 3.23. The van der Waals surface area contributed by atoms with Crippen LogP contribution in [0.25, 0.3) is 5.69 Å². The number of carbonyl (C=O) groups is 2. The number of rotatable bonds is 8. The minimum Gasteiger partial charge on any atom is -0.465 e. The van der Waals surface area contributed by atoms with E-state index in [2.05, 4.69) is 37.0 Å². The maximum Gasteiger partial charge on any atom is 0.339 e. The summed E-state index contributed by atoms with van der Waals surface area (Å²) in [5, 5.41) is 19.7. The van der Waals surface area contributed by atoms with Crippen molar-refractivity contribution in [1.29, 1.82) is 5.26 Å². The molecule has 0 amide bonds. The lowest BCUT2D eigenvalue weighted by Gasteiger charge is -2.34. The first-order chi connectivity index (χ1) is 17.5. The number of hydrogen-bond acceptors (Lipinski definition) is 9. The average Bonchev–Trinajstić information content (AvgIpc) is 3.45. The molecule has 0 aliphatic carbocycles. The van der Waals surface area contributed by atoms with E-state index in [-0.39, 0.29) is 5.78 Å². The van der Waals surface area contributed by atoms with Crippen LogP contribution in [0.2, 0.25) is 0 Å². The molecule has 10 nitrogen and oxygen atoms in total. The number of ketones is 1. The molecular weight excluding hydrogens is 458 g/mol. The molecule has 36 heavy (non-hydrogen) atoms. The fraction of sp³-hybridized carbons (Fsp3) is 0.385. The molecule has 1 saturated heterocycles. The number of methoxy groups -OCH3 is 1. The van der Waals surface area contributed by atoms with E-state index < -0.39 is 5.97 Å². The first kappa shape index (κ1) is 26.7. The van der Waals surface area contributed by atoms with Gasteiger partial charge in [-0.2, -0.15) is 5.26 Å². The van der Waals surface area contributed by atoms with E-state index in [4.69, 9.17) is 5.26 Å². The summed E-state index contributed by atoms with van der Waals surface area (Å²) in [5.74, 6) is -0.207. The van der Waals surface area contributed by atoms with Crippen LogP contribution < -0.4 is 0 Å². The normalized spacial score (nSPS) is 13.8. The number of Topliss-reactive ketones (excluding diaryl/α,β-unsaturated/α-hetero) is 1. The predicted octanol–water partition coefficient (Wildman–Crippen LogP) is 2.15. The molecule has 1 aliphatic heterocycles. The van der Waals surface area contributed by atoms with Gasteiger partial charge in [0.1, 0.15) is 12.4 Å². The summed E-state index contributed by atoms with van der Waals surface area (Å²) in [4.78, 5) is 28.1. The number of piperazine rings is 1. The first-order valence-corrected chi connectivity index (χ1v) is 11.9. The Bertz CT molecular complexity index is 1150. The Morgan fingerprint density at radius 3 is 2.33 bits per heavy atom. The standard InChI is InChI=1S/C17H24N6O.C9H7NO2/c1-2-7-21-8-10-22(11-9-21)13-17(24)12-15-3-5-16(6-4-15)23-14-18-19-20-23;1-12-9(11)8-5-3-2-4-7(8)6-10/h3-6,14H,2,7-13H2,1H3;2-5H,1H3. The Morgan fingerprint density at radius 1 is 1.03 bits per heavy atom. The van der Waals surface area contributed by atoms with Crippen LogP contribution in [0.1, 0.15) is 34.8 Å². The third kappa shape index (κ3) is 7.80. The van der Waals surface area contributed by atoms with Crippen molar-refractivity contribution >= 4 is 11.8 Å². The van der Waals surface area contributed by atoms with Gasteiger partial charge in [-0.15, -0.1) is 5.10 Å². The molecule has 0 atom stereocenters. The van der Waals surface area contributed by atoms with E-state index in [1.807, 2.05) is 30.3 Å². The second kappa shape index (κ2) is 13.8. The predicted molar refractivity (Wildman–Crippen MR) is 134 cm³/mol. The smallest absolute Gasteiger partial charge is 0.339 e. The Morgan fingerprint density at radius 2 is 1.72 bits per heavy atom. The van der Waals surface area contributed by atoms with Crippen LogP contribution in [0, 0.1) is 11.3 Å². The lowest BCUT2D eigenvalue weighted by atomic mass is 10.1. The Balaban J connectivity index is 0.000000253. The average molecular weight is 490 g/mol. The third-order valence-electron chi connectivity index (χ3n) is 5.81. The largest absolute Gasteiger partial charge is 0.465 e. The molecule has 0 unspecified atom stereocenters. The van der Waals surface area contributed by atoms with E-state index in [1.165, 1.54) is 13.5 Å². The fourth-order valence-electron chi connectivity index (χ4n) is 3.93. The summed E-state index contributed by atoms with van der Waals surface area (Å²) in [6.45, 7) is 8.04. The zero-order valence-electron chi connectivity index (χ0n) is 20.7. The van der Waals surface area contributed by atoms with Gasteiger partial charge in [0.25, 0.3) is 0 Å². The number of hydrogen-bond donors (Lipinski definition) is 0. The molecule has 4 rings (SSSR count). The van der Waals surface area contributed by atoms with Crippen molar-refractivity contribution in [2.24, 2.45) is 0 Å². The molecule has 0 spiro atoms. The molecule has 2 heterocycles. The molecular formula is C26H31N7O3. The van der Waals surface area contributed by atoms with Gasteiger partial charge in [0, 0.05) is 32.6 Å². The Hall–Kier alpha value is -3.94. The zero-order chi connectivity index (χ0) is 25.8. The molecule has 3 aromatic rings. The molecule has 2 aromatic carbocycles.